The fourth-order valence-corrected chi connectivity index (χ4v) is 2.04. The number of non-ortho nitro benzene ring substituents is 1. The van der Waals surface area contributed by atoms with Crippen LogP contribution in [0.25, 0.3) is 0 Å². The summed E-state index contributed by atoms with van der Waals surface area (Å²) in [6.45, 7) is 4.20. The molecule has 0 atom stereocenters. The van der Waals surface area contributed by atoms with Crippen molar-refractivity contribution < 1.29 is 14.5 Å². The zero-order valence-electron chi connectivity index (χ0n) is 11.3. The molecule has 7 nitrogen and oxygen atoms in total. The largest absolute Gasteiger partial charge is 0.378 e. The zero-order valence-corrected chi connectivity index (χ0v) is 11.3. The van der Waals surface area contributed by atoms with Crippen molar-refractivity contribution in [2.75, 3.05) is 36.5 Å². The molecular weight excluding hydrogens is 262 g/mol. The summed E-state index contributed by atoms with van der Waals surface area (Å²) in [5, 5.41) is 13.7. The van der Waals surface area contributed by atoms with Crippen molar-refractivity contribution in [2.45, 2.75) is 13.3 Å². The molecule has 0 aromatic heterocycles. The van der Waals surface area contributed by atoms with E-state index in [1.54, 1.807) is 13.0 Å². The second-order valence-electron chi connectivity index (χ2n) is 4.46. The minimum atomic E-state index is -0.435. The minimum Gasteiger partial charge on any atom is -0.378 e. The molecule has 1 heterocycles. The number of morpholine rings is 1. The zero-order chi connectivity index (χ0) is 14.5. The van der Waals surface area contributed by atoms with E-state index >= 15 is 0 Å². The van der Waals surface area contributed by atoms with Gasteiger partial charge in [0.25, 0.3) is 5.69 Å². The lowest BCUT2D eigenvalue weighted by atomic mass is 10.2. The first-order valence-electron chi connectivity index (χ1n) is 6.52. The third kappa shape index (κ3) is 3.24. The van der Waals surface area contributed by atoms with E-state index in [-0.39, 0.29) is 11.6 Å². The Balaban J connectivity index is 2.33. The molecule has 1 amide bonds. The van der Waals surface area contributed by atoms with Crippen LogP contribution in [0.4, 0.5) is 17.1 Å². The van der Waals surface area contributed by atoms with E-state index in [0.717, 1.165) is 0 Å². The van der Waals surface area contributed by atoms with Gasteiger partial charge in [-0.05, 0) is 6.07 Å². The number of amides is 1. The van der Waals surface area contributed by atoms with Gasteiger partial charge in [0.15, 0.2) is 0 Å². The fourth-order valence-electron chi connectivity index (χ4n) is 2.04. The average Bonchev–Trinajstić information content (AvgIpc) is 2.48. The lowest BCUT2D eigenvalue weighted by molar-refractivity contribution is -0.384. The second-order valence-corrected chi connectivity index (χ2v) is 4.46. The monoisotopic (exact) mass is 279 g/mol. The average molecular weight is 279 g/mol. The molecule has 0 unspecified atom stereocenters. The summed E-state index contributed by atoms with van der Waals surface area (Å²) in [6.07, 6.45) is 0.361. The van der Waals surface area contributed by atoms with Crippen LogP contribution in [0.2, 0.25) is 0 Å². The molecule has 0 bridgehead atoms. The molecular formula is C13H17N3O4. The predicted molar refractivity (Wildman–Crippen MR) is 75.0 cm³/mol. The van der Waals surface area contributed by atoms with Gasteiger partial charge in [0, 0.05) is 31.6 Å². The van der Waals surface area contributed by atoms with Gasteiger partial charge < -0.3 is 15.0 Å². The van der Waals surface area contributed by atoms with Crippen LogP contribution in [-0.4, -0.2) is 37.1 Å². The number of anilines is 2. The van der Waals surface area contributed by atoms with Crippen molar-refractivity contribution in [3.05, 3.63) is 28.3 Å². The molecule has 108 valence electrons. The quantitative estimate of drug-likeness (QED) is 0.670. The Hall–Kier alpha value is -2.15. The Bertz CT molecular complexity index is 512. The fraction of sp³-hybridized carbons (Fsp3) is 0.462. The van der Waals surface area contributed by atoms with Gasteiger partial charge in [-0.2, -0.15) is 0 Å². The van der Waals surface area contributed by atoms with Crippen LogP contribution < -0.4 is 10.2 Å². The molecule has 1 aliphatic heterocycles. The highest BCUT2D eigenvalue weighted by Crippen LogP contribution is 2.31. The first kappa shape index (κ1) is 14.3. The van der Waals surface area contributed by atoms with E-state index in [4.69, 9.17) is 4.74 Å². The van der Waals surface area contributed by atoms with E-state index in [9.17, 15) is 14.9 Å². The molecule has 1 fully saturated rings. The topological polar surface area (TPSA) is 84.7 Å². The standard InChI is InChI=1S/C13H17N3O4/c1-2-13(17)14-11-4-3-10(16(18)19)9-12(11)15-5-7-20-8-6-15/h3-4,9H,2,5-8H2,1H3,(H,14,17). The van der Waals surface area contributed by atoms with Crippen LogP contribution in [0.5, 0.6) is 0 Å². The molecule has 1 aliphatic rings. The number of nitrogens with zero attached hydrogens (tertiary/aromatic N) is 2. The van der Waals surface area contributed by atoms with E-state index in [2.05, 4.69) is 5.32 Å². The number of hydrogen-bond acceptors (Lipinski definition) is 5. The van der Waals surface area contributed by atoms with Crippen molar-refractivity contribution in [1.29, 1.82) is 0 Å². The van der Waals surface area contributed by atoms with Crippen LogP contribution in [0, 0.1) is 10.1 Å². The van der Waals surface area contributed by atoms with E-state index in [0.29, 0.717) is 44.1 Å². The normalized spacial score (nSPS) is 14.9. The molecule has 2 rings (SSSR count). The number of nitro groups is 1. The SMILES string of the molecule is CCC(=O)Nc1ccc([N+](=O)[O-])cc1N1CCOCC1. The highest BCUT2D eigenvalue weighted by atomic mass is 16.6. The Morgan fingerprint density at radius 1 is 1.45 bits per heavy atom. The molecule has 20 heavy (non-hydrogen) atoms. The van der Waals surface area contributed by atoms with Gasteiger partial charge in [0.1, 0.15) is 0 Å². The van der Waals surface area contributed by atoms with Crippen LogP contribution in [0.1, 0.15) is 13.3 Å². The van der Waals surface area contributed by atoms with Crippen molar-refractivity contribution >= 4 is 23.0 Å². The molecule has 0 spiro atoms. The van der Waals surface area contributed by atoms with E-state index < -0.39 is 4.92 Å². The van der Waals surface area contributed by atoms with Gasteiger partial charge in [0.05, 0.1) is 29.5 Å². The number of nitro benzene ring substituents is 1. The summed E-state index contributed by atoms with van der Waals surface area (Å²) >= 11 is 0. The third-order valence-electron chi connectivity index (χ3n) is 3.14. The Morgan fingerprint density at radius 2 is 2.15 bits per heavy atom. The summed E-state index contributed by atoms with van der Waals surface area (Å²) < 4.78 is 5.28. The van der Waals surface area contributed by atoms with Crippen molar-refractivity contribution in [1.82, 2.24) is 0 Å². The molecule has 1 aromatic carbocycles. The summed E-state index contributed by atoms with van der Waals surface area (Å²) in [7, 11) is 0. The Kier molecular flexibility index (Phi) is 4.52. The van der Waals surface area contributed by atoms with Gasteiger partial charge in [-0.1, -0.05) is 6.92 Å². The molecule has 0 radical (unpaired) electrons. The first-order chi connectivity index (χ1) is 9.61. The van der Waals surface area contributed by atoms with E-state index in [1.807, 2.05) is 4.90 Å². The minimum absolute atomic E-state index is 0.0148. The number of carbonyl (C=O) groups excluding carboxylic acids is 1. The lowest BCUT2D eigenvalue weighted by Gasteiger charge is -2.30. The van der Waals surface area contributed by atoms with Gasteiger partial charge in [-0.3, -0.25) is 14.9 Å². The number of rotatable bonds is 4. The van der Waals surface area contributed by atoms with Gasteiger partial charge >= 0.3 is 0 Å². The summed E-state index contributed by atoms with van der Waals surface area (Å²) in [4.78, 5) is 24.0. The Morgan fingerprint density at radius 3 is 2.75 bits per heavy atom. The molecule has 0 saturated carbocycles. The van der Waals surface area contributed by atoms with Crippen LogP contribution in [0.15, 0.2) is 18.2 Å². The second kappa shape index (κ2) is 6.33. The van der Waals surface area contributed by atoms with Crippen LogP contribution in [0.3, 0.4) is 0 Å². The third-order valence-corrected chi connectivity index (χ3v) is 3.14. The van der Waals surface area contributed by atoms with Crippen molar-refractivity contribution in [3.63, 3.8) is 0 Å². The van der Waals surface area contributed by atoms with E-state index in [1.165, 1.54) is 12.1 Å². The highest BCUT2D eigenvalue weighted by molar-refractivity contribution is 5.94. The first-order valence-corrected chi connectivity index (χ1v) is 6.52. The molecule has 1 saturated heterocycles. The van der Waals surface area contributed by atoms with Gasteiger partial charge in [-0.15, -0.1) is 0 Å². The summed E-state index contributed by atoms with van der Waals surface area (Å²) in [5.74, 6) is -0.117. The summed E-state index contributed by atoms with van der Waals surface area (Å²) in [6, 6.07) is 4.47. The predicted octanol–water partition coefficient (Wildman–Crippen LogP) is 1.78. The van der Waals surface area contributed by atoms with Crippen molar-refractivity contribution in [2.24, 2.45) is 0 Å². The molecule has 1 aromatic rings. The number of ether oxygens (including phenoxy) is 1. The smallest absolute Gasteiger partial charge is 0.271 e. The maximum Gasteiger partial charge on any atom is 0.271 e. The van der Waals surface area contributed by atoms with Crippen molar-refractivity contribution in [3.8, 4) is 0 Å². The van der Waals surface area contributed by atoms with Crippen LogP contribution in [-0.2, 0) is 9.53 Å². The van der Waals surface area contributed by atoms with Crippen LogP contribution >= 0.6 is 0 Å². The number of benzene rings is 1. The number of nitrogens with one attached hydrogen (secondary N) is 1. The lowest BCUT2D eigenvalue weighted by Crippen LogP contribution is -2.36. The van der Waals surface area contributed by atoms with Gasteiger partial charge in [-0.25, -0.2) is 0 Å². The number of carbonyl (C=O) groups is 1. The maximum absolute atomic E-state index is 11.5. The highest BCUT2D eigenvalue weighted by Gasteiger charge is 2.19. The number of hydrogen-bond donors (Lipinski definition) is 1. The Labute approximate surface area is 116 Å². The molecule has 1 N–H and O–H groups in total. The maximum atomic E-state index is 11.5. The van der Waals surface area contributed by atoms with Gasteiger partial charge in [0.2, 0.25) is 5.91 Å². The molecule has 0 aliphatic carbocycles. The molecule has 7 heteroatoms. The summed E-state index contributed by atoms with van der Waals surface area (Å²) in [5.41, 5.74) is 1.29.